The lowest BCUT2D eigenvalue weighted by atomic mass is 10.2. The lowest BCUT2D eigenvalue weighted by Gasteiger charge is -2.04. The van der Waals surface area contributed by atoms with Gasteiger partial charge < -0.3 is 0 Å². The molecule has 94 valence electrons. The highest BCUT2D eigenvalue weighted by Crippen LogP contribution is 2.07. The molecule has 3 aromatic rings. The van der Waals surface area contributed by atoms with Gasteiger partial charge in [0.05, 0.1) is 6.54 Å². The van der Waals surface area contributed by atoms with Gasteiger partial charge in [-0.15, -0.1) is 5.10 Å². The molecule has 0 fully saturated rings. The predicted molar refractivity (Wildman–Crippen MR) is 70.4 cm³/mol. The van der Waals surface area contributed by atoms with Crippen molar-refractivity contribution in [1.29, 1.82) is 0 Å². The zero-order valence-electron chi connectivity index (χ0n) is 10.3. The van der Waals surface area contributed by atoms with Crippen LogP contribution in [0, 0.1) is 0 Å². The number of benzene rings is 1. The van der Waals surface area contributed by atoms with E-state index in [4.69, 9.17) is 0 Å². The maximum Gasteiger partial charge on any atom is 0.156 e. The van der Waals surface area contributed by atoms with E-state index in [1.165, 1.54) is 5.56 Å². The fourth-order valence-corrected chi connectivity index (χ4v) is 1.91. The van der Waals surface area contributed by atoms with Crippen molar-refractivity contribution in [2.75, 3.05) is 0 Å². The Kier molecular flexibility index (Phi) is 3.27. The van der Waals surface area contributed by atoms with Crippen LogP contribution >= 0.6 is 0 Å². The molecular formula is C14H13N5. The van der Waals surface area contributed by atoms with Crippen molar-refractivity contribution in [3.05, 3.63) is 71.8 Å². The Balaban J connectivity index is 1.79. The van der Waals surface area contributed by atoms with E-state index < -0.39 is 0 Å². The molecule has 0 bridgehead atoms. The lowest BCUT2D eigenvalue weighted by Crippen LogP contribution is -2.07. The van der Waals surface area contributed by atoms with Crippen LogP contribution in [0.4, 0.5) is 0 Å². The summed E-state index contributed by atoms with van der Waals surface area (Å²) in [5.74, 6) is 0.844. The van der Waals surface area contributed by atoms with E-state index in [9.17, 15) is 0 Å². The van der Waals surface area contributed by atoms with Crippen molar-refractivity contribution < 1.29 is 0 Å². The third kappa shape index (κ3) is 2.82. The summed E-state index contributed by atoms with van der Waals surface area (Å²) in [6.45, 7) is 0.684. The molecule has 0 aliphatic heterocycles. The van der Waals surface area contributed by atoms with Gasteiger partial charge in [0, 0.05) is 18.8 Å². The smallest absolute Gasteiger partial charge is 0.156 e. The number of hydrogen-bond donors (Lipinski definition) is 0. The van der Waals surface area contributed by atoms with Gasteiger partial charge in [-0.2, -0.15) is 0 Å². The molecule has 0 N–H and O–H groups in total. The summed E-state index contributed by atoms with van der Waals surface area (Å²) >= 11 is 0. The quantitative estimate of drug-likeness (QED) is 0.708. The summed E-state index contributed by atoms with van der Waals surface area (Å²) in [5, 5.41) is 11.9. The van der Waals surface area contributed by atoms with E-state index >= 15 is 0 Å². The second-order valence-corrected chi connectivity index (χ2v) is 4.28. The Morgan fingerprint density at radius 2 is 1.79 bits per heavy atom. The highest BCUT2D eigenvalue weighted by Gasteiger charge is 2.07. The van der Waals surface area contributed by atoms with Crippen LogP contribution < -0.4 is 0 Å². The predicted octanol–water partition coefficient (Wildman–Crippen LogP) is 1.71. The summed E-state index contributed by atoms with van der Waals surface area (Å²) in [5.41, 5.74) is 2.29. The van der Waals surface area contributed by atoms with Gasteiger partial charge in [0.15, 0.2) is 5.82 Å². The van der Waals surface area contributed by atoms with Gasteiger partial charge in [-0.1, -0.05) is 36.4 Å². The minimum atomic E-state index is 0.684. The summed E-state index contributed by atoms with van der Waals surface area (Å²) in [6.07, 6.45) is 4.28. The van der Waals surface area contributed by atoms with E-state index in [0.717, 1.165) is 11.4 Å². The average Bonchev–Trinajstić information content (AvgIpc) is 2.88. The molecule has 3 rings (SSSR count). The first kappa shape index (κ1) is 11.5. The number of rotatable bonds is 4. The largest absolute Gasteiger partial charge is 0.264 e. The van der Waals surface area contributed by atoms with Crippen molar-refractivity contribution >= 4 is 0 Å². The van der Waals surface area contributed by atoms with Crippen LogP contribution in [0.2, 0.25) is 0 Å². The number of aromatic nitrogens is 5. The van der Waals surface area contributed by atoms with E-state index in [-0.39, 0.29) is 0 Å². The van der Waals surface area contributed by atoms with Gasteiger partial charge in [-0.05, 0) is 27.6 Å². The van der Waals surface area contributed by atoms with Crippen molar-refractivity contribution in [2.45, 2.75) is 13.0 Å². The summed E-state index contributed by atoms with van der Waals surface area (Å²) in [4.78, 5) is 4.10. The number of tetrazole rings is 1. The molecule has 5 heteroatoms. The van der Waals surface area contributed by atoms with Crippen molar-refractivity contribution in [3.63, 3.8) is 0 Å². The van der Waals surface area contributed by atoms with Crippen LogP contribution in [0.5, 0.6) is 0 Å². The van der Waals surface area contributed by atoms with Gasteiger partial charge in [-0.25, -0.2) is 4.68 Å². The number of hydrogen-bond acceptors (Lipinski definition) is 4. The first-order valence-corrected chi connectivity index (χ1v) is 6.10. The van der Waals surface area contributed by atoms with E-state index in [0.29, 0.717) is 13.0 Å². The fourth-order valence-electron chi connectivity index (χ4n) is 1.91. The third-order valence-electron chi connectivity index (χ3n) is 2.87. The minimum Gasteiger partial charge on any atom is -0.264 e. The SMILES string of the molecule is c1ccc(Cn2nnnc2Cc2cccnc2)cc1. The first-order valence-electron chi connectivity index (χ1n) is 6.10. The molecule has 0 spiro atoms. The van der Waals surface area contributed by atoms with Crippen LogP contribution in [0.25, 0.3) is 0 Å². The van der Waals surface area contributed by atoms with Crippen LogP contribution in [-0.4, -0.2) is 25.2 Å². The molecule has 0 radical (unpaired) electrons. The molecule has 0 unspecified atom stereocenters. The van der Waals surface area contributed by atoms with Gasteiger partial charge in [0.25, 0.3) is 0 Å². The highest BCUT2D eigenvalue weighted by atomic mass is 15.5. The van der Waals surface area contributed by atoms with Gasteiger partial charge in [0.2, 0.25) is 0 Å². The minimum absolute atomic E-state index is 0.684. The highest BCUT2D eigenvalue weighted by molar-refractivity contribution is 5.17. The monoisotopic (exact) mass is 251 g/mol. The van der Waals surface area contributed by atoms with Crippen molar-refractivity contribution in [2.24, 2.45) is 0 Å². The second kappa shape index (κ2) is 5.39. The van der Waals surface area contributed by atoms with Crippen LogP contribution in [0.15, 0.2) is 54.9 Å². The molecule has 0 saturated carbocycles. The van der Waals surface area contributed by atoms with Gasteiger partial charge in [-0.3, -0.25) is 4.98 Å². The van der Waals surface area contributed by atoms with E-state index in [1.807, 2.05) is 41.2 Å². The maximum absolute atomic E-state index is 4.10. The summed E-state index contributed by atoms with van der Waals surface area (Å²) in [7, 11) is 0. The Hall–Kier alpha value is -2.56. The molecule has 0 amide bonds. The number of nitrogens with zero attached hydrogens (tertiary/aromatic N) is 5. The molecule has 0 aliphatic rings. The summed E-state index contributed by atoms with van der Waals surface area (Å²) < 4.78 is 1.82. The second-order valence-electron chi connectivity index (χ2n) is 4.28. The van der Waals surface area contributed by atoms with Gasteiger partial charge >= 0.3 is 0 Å². The normalized spacial score (nSPS) is 10.5. The van der Waals surface area contributed by atoms with Crippen LogP contribution in [0.3, 0.4) is 0 Å². The van der Waals surface area contributed by atoms with Crippen LogP contribution in [-0.2, 0) is 13.0 Å². The molecule has 2 heterocycles. The molecule has 2 aromatic heterocycles. The van der Waals surface area contributed by atoms with Gasteiger partial charge in [0.1, 0.15) is 0 Å². The third-order valence-corrected chi connectivity index (χ3v) is 2.87. The molecule has 5 nitrogen and oxygen atoms in total. The Morgan fingerprint density at radius 1 is 0.947 bits per heavy atom. The molecule has 19 heavy (non-hydrogen) atoms. The zero-order valence-corrected chi connectivity index (χ0v) is 10.3. The maximum atomic E-state index is 4.10. The summed E-state index contributed by atoms with van der Waals surface area (Å²) in [6, 6.07) is 14.1. The van der Waals surface area contributed by atoms with Crippen molar-refractivity contribution in [3.8, 4) is 0 Å². The number of pyridine rings is 1. The fraction of sp³-hybridized carbons (Fsp3) is 0.143. The average molecular weight is 251 g/mol. The van der Waals surface area contributed by atoms with Crippen LogP contribution in [0.1, 0.15) is 17.0 Å². The topological polar surface area (TPSA) is 56.5 Å². The first-order chi connectivity index (χ1) is 9.42. The molecule has 0 atom stereocenters. The molecule has 0 aliphatic carbocycles. The Bertz CT molecular complexity index is 577. The van der Waals surface area contributed by atoms with E-state index in [1.54, 1.807) is 6.20 Å². The molecule has 1 aromatic carbocycles. The van der Waals surface area contributed by atoms with Crippen molar-refractivity contribution in [1.82, 2.24) is 25.2 Å². The Labute approximate surface area is 110 Å². The Morgan fingerprint density at radius 3 is 2.58 bits per heavy atom. The lowest BCUT2D eigenvalue weighted by molar-refractivity contribution is 0.625. The molecule has 0 saturated heterocycles. The zero-order chi connectivity index (χ0) is 12.9. The molecular weight excluding hydrogens is 238 g/mol. The van der Waals surface area contributed by atoms with E-state index in [2.05, 4.69) is 32.6 Å². The standard InChI is InChI=1S/C14H13N5/c1-2-5-12(6-3-1)11-19-14(16-17-18-19)9-13-7-4-8-15-10-13/h1-8,10H,9,11H2.